The summed E-state index contributed by atoms with van der Waals surface area (Å²) < 4.78 is 67.3. The smallest absolute Gasteiger partial charge is 0.446 e. The van der Waals surface area contributed by atoms with Crippen molar-refractivity contribution in [1.29, 1.82) is 0 Å². The maximum atomic E-state index is 14.7. The number of carbonyl (C=O) groups excluding carboxylic acids is 1. The van der Waals surface area contributed by atoms with Crippen LogP contribution in [0.25, 0.3) is 5.52 Å². The largest absolute Gasteiger partial charge is 0.495 e. The van der Waals surface area contributed by atoms with Gasteiger partial charge in [0.2, 0.25) is 0 Å². The number of benzene rings is 1. The molecule has 8 nitrogen and oxygen atoms in total. The van der Waals surface area contributed by atoms with E-state index in [1.165, 1.54) is 23.8 Å². The third-order valence-corrected chi connectivity index (χ3v) is 7.16. The first-order valence-corrected chi connectivity index (χ1v) is 14.1. The number of carbonyl (C=O) groups is 1. The van der Waals surface area contributed by atoms with Gasteiger partial charge < -0.3 is 25.0 Å². The van der Waals surface area contributed by atoms with Crippen LogP contribution in [0.4, 0.5) is 29.1 Å². The number of methoxy groups -OCH3 is 1. The lowest BCUT2D eigenvalue weighted by molar-refractivity contribution is -0.0328. The lowest BCUT2D eigenvalue weighted by Crippen LogP contribution is -2.46. The minimum atomic E-state index is -4.57. The predicted octanol–water partition coefficient (Wildman–Crippen LogP) is 5.83. The van der Waals surface area contributed by atoms with E-state index in [9.17, 15) is 22.4 Å². The van der Waals surface area contributed by atoms with E-state index < -0.39 is 29.3 Å². The third-order valence-electron chi connectivity index (χ3n) is 6.32. The molecule has 0 saturated carbocycles. The first-order chi connectivity index (χ1) is 19.7. The average Bonchev–Trinajstić information content (AvgIpc) is 3.23. The Morgan fingerprint density at radius 2 is 1.98 bits per heavy atom. The Hall–Kier alpha value is -3.63. The Kier molecular flexibility index (Phi) is 9.47. The zero-order valence-electron chi connectivity index (χ0n) is 23.9. The Morgan fingerprint density at radius 3 is 2.64 bits per heavy atom. The molecule has 1 fully saturated rings. The van der Waals surface area contributed by atoms with Crippen molar-refractivity contribution in [2.45, 2.75) is 55.4 Å². The van der Waals surface area contributed by atoms with Gasteiger partial charge in [0.05, 0.1) is 41.4 Å². The van der Waals surface area contributed by atoms with Crippen molar-refractivity contribution in [2.75, 3.05) is 44.4 Å². The van der Waals surface area contributed by atoms with Crippen LogP contribution in [0, 0.1) is 11.8 Å². The summed E-state index contributed by atoms with van der Waals surface area (Å²) >= 11 is -0.291. The van der Waals surface area contributed by atoms with E-state index in [4.69, 9.17) is 9.47 Å². The van der Waals surface area contributed by atoms with Crippen LogP contribution in [-0.4, -0.2) is 77.6 Å². The van der Waals surface area contributed by atoms with Gasteiger partial charge >= 0.3 is 11.5 Å². The van der Waals surface area contributed by atoms with Gasteiger partial charge in [-0.15, -0.1) is 0 Å². The Morgan fingerprint density at radius 1 is 1.21 bits per heavy atom. The number of thioether (sulfide) groups is 1. The van der Waals surface area contributed by atoms with Gasteiger partial charge in [0, 0.05) is 13.1 Å². The molecular weight excluding hydrogens is 574 g/mol. The quantitative estimate of drug-likeness (QED) is 0.150. The van der Waals surface area contributed by atoms with E-state index in [2.05, 4.69) is 27.6 Å². The van der Waals surface area contributed by atoms with Gasteiger partial charge in [0.1, 0.15) is 29.0 Å². The molecule has 2 aromatic heterocycles. The van der Waals surface area contributed by atoms with Gasteiger partial charge in [0.15, 0.2) is 0 Å². The maximum Gasteiger partial charge on any atom is 0.446 e. The number of piperidine rings is 1. The SMILES string of the molecule is COc1cc(C(=O)OC(C)(C)C)ccc1NCC#Cc1nn2c(NC3CCN(C)CC3F)cccc2c1SC(F)(F)F. The van der Waals surface area contributed by atoms with E-state index in [1.807, 2.05) is 11.9 Å². The fourth-order valence-corrected chi connectivity index (χ4v) is 5.11. The molecule has 0 bridgehead atoms. The molecule has 1 aliphatic rings. The number of hydrogen-bond donors (Lipinski definition) is 2. The molecular formula is C29H33F4N5O3S. The molecule has 1 aliphatic heterocycles. The number of pyridine rings is 1. The van der Waals surface area contributed by atoms with Crippen LogP contribution < -0.4 is 15.4 Å². The number of ether oxygens (including phenoxy) is 2. The Balaban J connectivity index is 1.56. The molecule has 13 heteroatoms. The van der Waals surface area contributed by atoms with Crippen molar-refractivity contribution in [1.82, 2.24) is 14.5 Å². The van der Waals surface area contributed by atoms with E-state index in [-0.39, 0.29) is 41.0 Å². The van der Waals surface area contributed by atoms with Crippen molar-refractivity contribution < 1.29 is 31.8 Å². The van der Waals surface area contributed by atoms with Crippen LogP contribution in [0.2, 0.25) is 0 Å². The number of halogens is 4. The van der Waals surface area contributed by atoms with Crippen LogP contribution in [-0.2, 0) is 4.74 Å². The molecule has 1 saturated heterocycles. The van der Waals surface area contributed by atoms with Crippen molar-refractivity contribution in [3.8, 4) is 17.6 Å². The van der Waals surface area contributed by atoms with Crippen LogP contribution in [0.5, 0.6) is 5.75 Å². The zero-order valence-corrected chi connectivity index (χ0v) is 24.8. The number of hydrogen-bond acceptors (Lipinski definition) is 8. The highest BCUT2D eigenvalue weighted by molar-refractivity contribution is 8.00. The third kappa shape index (κ3) is 8.01. The van der Waals surface area contributed by atoms with Crippen molar-refractivity contribution in [2.24, 2.45) is 0 Å². The molecule has 0 aliphatic carbocycles. The topological polar surface area (TPSA) is 80.1 Å². The first kappa shape index (κ1) is 31.3. The molecule has 2 unspecified atom stereocenters. The number of likely N-dealkylation sites (tertiary alicyclic amines) is 1. The summed E-state index contributed by atoms with van der Waals surface area (Å²) in [5, 5.41) is 10.5. The van der Waals surface area contributed by atoms with E-state index in [0.717, 1.165) is 0 Å². The lowest BCUT2D eigenvalue weighted by atomic mass is 10.0. The highest BCUT2D eigenvalue weighted by Crippen LogP contribution is 2.41. The monoisotopic (exact) mass is 607 g/mol. The van der Waals surface area contributed by atoms with Crippen LogP contribution in [0.1, 0.15) is 43.2 Å². The van der Waals surface area contributed by atoms with Crippen LogP contribution in [0.15, 0.2) is 41.3 Å². The number of fused-ring (bicyclic) bond motifs is 1. The fourth-order valence-electron chi connectivity index (χ4n) is 4.43. The van der Waals surface area contributed by atoms with E-state index in [0.29, 0.717) is 35.8 Å². The van der Waals surface area contributed by atoms with Crippen molar-refractivity contribution >= 4 is 34.8 Å². The second kappa shape index (κ2) is 12.7. The number of alkyl halides is 4. The fraction of sp³-hybridized carbons (Fsp3) is 0.448. The lowest BCUT2D eigenvalue weighted by Gasteiger charge is -2.33. The molecule has 3 heterocycles. The molecule has 2 atom stereocenters. The first-order valence-electron chi connectivity index (χ1n) is 13.2. The molecule has 3 aromatic rings. The van der Waals surface area contributed by atoms with Crippen molar-refractivity contribution in [3.05, 3.63) is 47.7 Å². The summed E-state index contributed by atoms with van der Waals surface area (Å²) in [7, 11) is 3.29. The molecule has 0 radical (unpaired) electrons. The second-order valence-electron chi connectivity index (χ2n) is 10.8. The van der Waals surface area contributed by atoms with E-state index >= 15 is 0 Å². The zero-order chi connectivity index (χ0) is 30.7. The summed E-state index contributed by atoms with van der Waals surface area (Å²) in [6, 6.07) is 9.03. The molecule has 0 amide bonds. The molecule has 226 valence electrons. The number of esters is 1. The Bertz CT molecular complexity index is 1490. The summed E-state index contributed by atoms with van der Waals surface area (Å²) in [5.74, 6) is 5.82. The molecule has 1 aromatic carbocycles. The van der Waals surface area contributed by atoms with Crippen molar-refractivity contribution in [3.63, 3.8) is 0 Å². The summed E-state index contributed by atoms with van der Waals surface area (Å²) in [6.07, 6.45) is -0.598. The summed E-state index contributed by atoms with van der Waals surface area (Å²) in [6.45, 7) is 6.32. The number of nitrogens with one attached hydrogen (secondary N) is 2. The average molecular weight is 608 g/mol. The highest BCUT2D eigenvalue weighted by Gasteiger charge is 2.33. The number of rotatable bonds is 7. The minimum Gasteiger partial charge on any atom is -0.495 e. The highest BCUT2D eigenvalue weighted by atomic mass is 32.2. The maximum absolute atomic E-state index is 14.7. The standard InChI is InChI=1S/C29H33F4N5O3S/c1-28(2,3)41-27(39)18-11-12-21(24(16-18)40-5)34-14-7-8-22-26(42-29(31,32)33)23-9-6-10-25(38(23)36-22)35-20-13-15-37(4)17-19(20)30/h6,9-12,16,19-20,34-35H,13-15,17H2,1-5H3. The van der Waals surface area contributed by atoms with Gasteiger partial charge in [-0.05, 0) is 82.3 Å². The van der Waals surface area contributed by atoms with Gasteiger partial charge in [-0.25, -0.2) is 13.7 Å². The Labute approximate surface area is 246 Å². The molecule has 4 rings (SSSR count). The van der Waals surface area contributed by atoms with Gasteiger partial charge in [-0.1, -0.05) is 12.0 Å². The normalized spacial score (nSPS) is 17.8. The molecule has 42 heavy (non-hydrogen) atoms. The molecule has 0 spiro atoms. The van der Waals surface area contributed by atoms with Crippen LogP contribution >= 0.6 is 11.8 Å². The van der Waals surface area contributed by atoms with Gasteiger partial charge in [-0.3, -0.25) is 0 Å². The minimum absolute atomic E-state index is 0.0520. The second-order valence-corrected chi connectivity index (χ2v) is 11.9. The summed E-state index contributed by atoms with van der Waals surface area (Å²) in [5.41, 5.74) is -4.23. The number of aromatic nitrogens is 2. The van der Waals surface area contributed by atoms with Gasteiger partial charge in [-0.2, -0.15) is 18.3 Å². The van der Waals surface area contributed by atoms with Gasteiger partial charge in [0.25, 0.3) is 0 Å². The van der Waals surface area contributed by atoms with Crippen LogP contribution in [0.3, 0.4) is 0 Å². The summed E-state index contributed by atoms with van der Waals surface area (Å²) in [4.78, 5) is 14.1. The number of anilines is 2. The van der Waals surface area contributed by atoms with E-state index in [1.54, 1.807) is 45.0 Å². The predicted molar refractivity (Wildman–Crippen MR) is 155 cm³/mol. The molecule has 2 N–H and O–H groups in total. The number of nitrogens with zero attached hydrogens (tertiary/aromatic N) is 3.